The second-order valence-electron chi connectivity index (χ2n) is 6.26. The maximum absolute atomic E-state index is 12.5. The number of hydrogen-bond donors (Lipinski definition) is 1. The minimum Gasteiger partial charge on any atom is -0.454 e. The Balaban J connectivity index is 1.47. The van der Waals surface area contributed by atoms with E-state index in [1.807, 2.05) is 30.0 Å². The van der Waals surface area contributed by atoms with Crippen LogP contribution in [0.4, 0.5) is 5.95 Å². The number of aromatic nitrogens is 2. The summed E-state index contributed by atoms with van der Waals surface area (Å²) in [6.45, 7) is 4.28. The number of aryl methyl sites for hydroxylation is 1. The average molecular weight is 340 g/mol. The Bertz CT molecular complexity index is 803. The standard InChI is InChI=1S/C18H20N4O3/c1-12-8-14(17(23)22-6-2-3-7-22)21-18(20-12)19-10-13-4-5-15-16(9-13)25-11-24-15/h4-5,8-9H,2-3,6-7,10-11H2,1H3,(H,19,20,21). The van der Waals surface area contributed by atoms with Gasteiger partial charge in [0.25, 0.3) is 5.91 Å². The largest absolute Gasteiger partial charge is 0.454 e. The molecule has 0 bridgehead atoms. The van der Waals surface area contributed by atoms with E-state index in [1.165, 1.54) is 0 Å². The molecule has 7 nitrogen and oxygen atoms in total. The zero-order valence-corrected chi connectivity index (χ0v) is 14.1. The fraction of sp³-hybridized carbons (Fsp3) is 0.389. The van der Waals surface area contributed by atoms with Gasteiger partial charge in [-0.3, -0.25) is 4.79 Å². The lowest BCUT2D eigenvalue weighted by molar-refractivity contribution is 0.0787. The van der Waals surface area contributed by atoms with Crippen molar-refractivity contribution < 1.29 is 14.3 Å². The quantitative estimate of drug-likeness (QED) is 0.921. The van der Waals surface area contributed by atoms with E-state index < -0.39 is 0 Å². The zero-order chi connectivity index (χ0) is 17.2. The molecule has 0 unspecified atom stereocenters. The van der Waals surface area contributed by atoms with Crippen LogP contribution in [0.5, 0.6) is 11.5 Å². The molecule has 4 rings (SSSR count). The molecule has 0 saturated carbocycles. The van der Waals surface area contributed by atoms with Gasteiger partial charge in [-0.15, -0.1) is 0 Å². The molecule has 0 spiro atoms. The molecule has 2 aliphatic heterocycles. The number of amides is 1. The van der Waals surface area contributed by atoms with Crippen molar-refractivity contribution in [2.75, 3.05) is 25.2 Å². The van der Waals surface area contributed by atoms with Gasteiger partial charge in [0.1, 0.15) is 5.69 Å². The number of carbonyl (C=O) groups is 1. The third-order valence-corrected chi connectivity index (χ3v) is 4.35. The highest BCUT2D eigenvalue weighted by atomic mass is 16.7. The van der Waals surface area contributed by atoms with Crippen LogP contribution in [-0.2, 0) is 6.54 Å². The Labute approximate surface area is 146 Å². The van der Waals surface area contributed by atoms with Crippen molar-refractivity contribution in [1.29, 1.82) is 0 Å². The number of nitrogens with one attached hydrogen (secondary N) is 1. The summed E-state index contributed by atoms with van der Waals surface area (Å²) in [6.07, 6.45) is 2.12. The van der Waals surface area contributed by atoms with Gasteiger partial charge in [0, 0.05) is 25.3 Å². The van der Waals surface area contributed by atoms with E-state index in [9.17, 15) is 4.79 Å². The van der Waals surface area contributed by atoms with Gasteiger partial charge < -0.3 is 19.7 Å². The number of carbonyl (C=O) groups excluding carboxylic acids is 1. The van der Waals surface area contributed by atoms with Gasteiger partial charge in [0.2, 0.25) is 12.7 Å². The molecular formula is C18H20N4O3. The molecule has 130 valence electrons. The fourth-order valence-electron chi connectivity index (χ4n) is 3.07. The molecule has 0 atom stereocenters. The van der Waals surface area contributed by atoms with Crippen molar-refractivity contribution in [2.24, 2.45) is 0 Å². The maximum Gasteiger partial charge on any atom is 0.272 e. The number of hydrogen-bond acceptors (Lipinski definition) is 6. The molecule has 2 aliphatic rings. The zero-order valence-electron chi connectivity index (χ0n) is 14.1. The Morgan fingerprint density at radius 2 is 1.96 bits per heavy atom. The van der Waals surface area contributed by atoms with Crippen LogP contribution in [0.2, 0.25) is 0 Å². The molecular weight excluding hydrogens is 320 g/mol. The lowest BCUT2D eigenvalue weighted by Crippen LogP contribution is -2.28. The highest BCUT2D eigenvalue weighted by molar-refractivity contribution is 5.92. The smallest absolute Gasteiger partial charge is 0.272 e. The third-order valence-electron chi connectivity index (χ3n) is 4.35. The molecule has 1 aromatic heterocycles. The normalized spacial score (nSPS) is 15.5. The number of benzene rings is 1. The molecule has 0 aliphatic carbocycles. The Kier molecular flexibility index (Phi) is 4.13. The molecule has 1 N–H and O–H groups in total. The van der Waals surface area contributed by atoms with Crippen molar-refractivity contribution >= 4 is 11.9 Å². The van der Waals surface area contributed by atoms with Crippen molar-refractivity contribution in [3.8, 4) is 11.5 Å². The van der Waals surface area contributed by atoms with E-state index in [-0.39, 0.29) is 12.7 Å². The van der Waals surface area contributed by atoms with E-state index >= 15 is 0 Å². The topological polar surface area (TPSA) is 76.6 Å². The highest BCUT2D eigenvalue weighted by Crippen LogP contribution is 2.32. The van der Waals surface area contributed by atoms with Crippen LogP contribution in [0.15, 0.2) is 24.3 Å². The summed E-state index contributed by atoms with van der Waals surface area (Å²) < 4.78 is 10.7. The first-order chi connectivity index (χ1) is 12.2. The van der Waals surface area contributed by atoms with Crippen molar-refractivity contribution in [2.45, 2.75) is 26.3 Å². The maximum atomic E-state index is 12.5. The van der Waals surface area contributed by atoms with Gasteiger partial charge in [-0.2, -0.15) is 0 Å². The molecule has 0 radical (unpaired) electrons. The van der Waals surface area contributed by atoms with E-state index in [0.717, 1.165) is 48.7 Å². The van der Waals surface area contributed by atoms with E-state index in [4.69, 9.17) is 9.47 Å². The van der Waals surface area contributed by atoms with Crippen LogP contribution in [-0.4, -0.2) is 40.7 Å². The molecule has 1 fully saturated rings. The molecule has 3 heterocycles. The van der Waals surface area contributed by atoms with Gasteiger partial charge in [-0.05, 0) is 43.5 Å². The van der Waals surface area contributed by atoms with Gasteiger partial charge in [0.05, 0.1) is 0 Å². The van der Waals surface area contributed by atoms with E-state index in [0.29, 0.717) is 18.2 Å². The van der Waals surface area contributed by atoms with Crippen LogP contribution in [0.1, 0.15) is 34.6 Å². The lowest BCUT2D eigenvalue weighted by Gasteiger charge is -2.15. The third kappa shape index (κ3) is 3.35. The lowest BCUT2D eigenvalue weighted by atomic mass is 10.2. The Morgan fingerprint density at radius 3 is 2.80 bits per heavy atom. The minimum absolute atomic E-state index is 0.0193. The first-order valence-corrected chi connectivity index (χ1v) is 8.46. The summed E-state index contributed by atoms with van der Waals surface area (Å²) in [6, 6.07) is 7.53. The van der Waals surface area contributed by atoms with Crippen LogP contribution >= 0.6 is 0 Å². The Morgan fingerprint density at radius 1 is 1.16 bits per heavy atom. The first kappa shape index (κ1) is 15.7. The summed E-state index contributed by atoms with van der Waals surface area (Å²) >= 11 is 0. The second-order valence-corrected chi connectivity index (χ2v) is 6.26. The van der Waals surface area contributed by atoms with E-state index in [1.54, 1.807) is 6.07 Å². The van der Waals surface area contributed by atoms with Crippen molar-refractivity contribution in [3.05, 3.63) is 41.2 Å². The Hall–Kier alpha value is -2.83. The number of anilines is 1. The van der Waals surface area contributed by atoms with Gasteiger partial charge in [-0.1, -0.05) is 6.07 Å². The predicted octanol–water partition coefficient (Wildman–Crippen LogP) is 2.36. The van der Waals surface area contributed by atoms with Crippen LogP contribution in [0, 0.1) is 6.92 Å². The summed E-state index contributed by atoms with van der Waals surface area (Å²) in [5, 5.41) is 3.19. The van der Waals surface area contributed by atoms with Crippen LogP contribution < -0.4 is 14.8 Å². The molecule has 1 saturated heterocycles. The minimum atomic E-state index is -0.0193. The number of likely N-dealkylation sites (tertiary alicyclic amines) is 1. The highest BCUT2D eigenvalue weighted by Gasteiger charge is 2.21. The average Bonchev–Trinajstić information content (AvgIpc) is 3.30. The van der Waals surface area contributed by atoms with Crippen molar-refractivity contribution in [1.82, 2.24) is 14.9 Å². The molecule has 1 aromatic carbocycles. The number of rotatable bonds is 4. The predicted molar refractivity (Wildman–Crippen MR) is 91.8 cm³/mol. The van der Waals surface area contributed by atoms with Crippen LogP contribution in [0.25, 0.3) is 0 Å². The molecule has 1 amide bonds. The molecule has 7 heteroatoms. The van der Waals surface area contributed by atoms with Crippen LogP contribution in [0.3, 0.4) is 0 Å². The summed E-state index contributed by atoms with van der Waals surface area (Å²) in [4.78, 5) is 23.2. The summed E-state index contributed by atoms with van der Waals surface area (Å²) in [5.74, 6) is 1.94. The van der Waals surface area contributed by atoms with E-state index in [2.05, 4.69) is 15.3 Å². The SMILES string of the molecule is Cc1cc(C(=O)N2CCCC2)nc(NCc2ccc3c(c2)OCO3)n1. The van der Waals surface area contributed by atoms with Gasteiger partial charge >= 0.3 is 0 Å². The van der Waals surface area contributed by atoms with Gasteiger partial charge in [-0.25, -0.2) is 9.97 Å². The fourth-order valence-corrected chi connectivity index (χ4v) is 3.07. The molecule has 2 aromatic rings. The van der Waals surface area contributed by atoms with Crippen molar-refractivity contribution in [3.63, 3.8) is 0 Å². The number of ether oxygens (including phenoxy) is 2. The summed E-state index contributed by atoms with van der Waals surface area (Å²) in [7, 11) is 0. The second kappa shape index (κ2) is 6.58. The first-order valence-electron chi connectivity index (χ1n) is 8.46. The monoisotopic (exact) mass is 340 g/mol. The summed E-state index contributed by atoms with van der Waals surface area (Å²) in [5.41, 5.74) is 2.25. The van der Waals surface area contributed by atoms with Gasteiger partial charge in [0.15, 0.2) is 11.5 Å². The number of fused-ring (bicyclic) bond motifs is 1. The number of nitrogens with zero attached hydrogens (tertiary/aromatic N) is 3. The molecule has 25 heavy (non-hydrogen) atoms.